The van der Waals surface area contributed by atoms with Gasteiger partial charge in [0.05, 0.1) is 6.17 Å². The first-order valence-electron chi connectivity index (χ1n) is 5.39. The smallest absolute Gasteiger partial charge is 0.0520 e. The minimum absolute atomic E-state index is 0.130. The number of rotatable bonds is 9. The molecule has 0 heterocycles. The zero-order valence-electron chi connectivity index (χ0n) is 8.54. The van der Waals surface area contributed by atoms with Crippen molar-refractivity contribution in [1.29, 1.82) is 0 Å². The second-order valence-electron chi connectivity index (χ2n) is 3.65. The molecule has 0 spiro atoms. The van der Waals surface area contributed by atoms with E-state index >= 15 is 0 Å². The molecule has 0 fully saturated rings. The molecule has 13 heavy (non-hydrogen) atoms. The van der Waals surface area contributed by atoms with Gasteiger partial charge in [0, 0.05) is 6.61 Å². The van der Waals surface area contributed by atoms with E-state index in [0.717, 1.165) is 25.7 Å². The van der Waals surface area contributed by atoms with Crippen LogP contribution in [0.2, 0.25) is 0 Å². The van der Waals surface area contributed by atoms with E-state index in [9.17, 15) is 0 Å². The van der Waals surface area contributed by atoms with Crippen LogP contribution < -0.4 is 11.5 Å². The maximum Gasteiger partial charge on any atom is 0.0520 e. The number of hydrogen-bond donors (Lipinski definition) is 3. The lowest BCUT2D eigenvalue weighted by molar-refractivity contribution is 0.282. The van der Waals surface area contributed by atoms with Gasteiger partial charge in [0.15, 0.2) is 0 Å². The van der Waals surface area contributed by atoms with Crippen LogP contribution >= 0.6 is 0 Å². The van der Waals surface area contributed by atoms with Crippen molar-refractivity contribution in [2.24, 2.45) is 11.5 Å². The molecule has 0 amide bonds. The highest BCUT2D eigenvalue weighted by atomic mass is 16.2. The largest absolute Gasteiger partial charge is 0.396 e. The summed E-state index contributed by atoms with van der Waals surface area (Å²) in [5, 5.41) is 8.54. The standard InChI is InChI=1S/C10H24N2O/c11-10(12)8-6-4-2-1-3-5-7-9-13/h10,13H,1-9,11-12H2. The Morgan fingerprint density at radius 2 is 1.23 bits per heavy atom. The summed E-state index contributed by atoms with van der Waals surface area (Å²) in [6.07, 6.45) is 9.11. The van der Waals surface area contributed by atoms with Crippen LogP contribution in [-0.2, 0) is 0 Å². The van der Waals surface area contributed by atoms with Gasteiger partial charge in [0.2, 0.25) is 0 Å². The van der Waals surface area contributed by atoms with Gasteiger partial charge in [-0.15, -0.1) is 0 Å². The molecule has 5 N–H and O–H groups in total. The fourth-order valence-electron chi connectivity index (χ4n) is 1.38. The summed E-state index contributed by atoms with van der Waals surface area (Å²) in [5.74, 6) is 0. The first kappa shape index (κ1) is 12.9. The summed E-state index contributed by atoms with van der Waals surface area (Å²) in [5.41, 5.74) is 10.8. The van der Waals surface area contributed by atoms with Gasteiger partial charge in [-0.25, -0.2) is 0 Å². The molecule has 0 rings (SSSR count). The number of unbranched alkanes of at least 4 members (excludes halogenated alkanes) is 6. The van der Waals surface area contributed by atoms with Crippen molar-refractivity contribution in [2.45, 2.75) is 57.5 Å². The summed E-state index contributed by atoms with van der Waals surface area (Å²) < 4.78 is 0. The quantitative estimate of drug-likeness (QED) is 0.378. The van der Waals surface area contributed by atoms with Gasteiger partial charge in [0.25, 0.3) is 0 Å². The van der Waals surface area contributed by atoms with Crippen LogP contribution in [-0.4, -0.2) is 17.9 Å². The molecule has 0 saturated heterocycles. The molecule has 3 heteroatoms. The van der Waals surface area contributed by atoms with Gasteiger partial charge in [-0.1, -0.05) is 38.5 Å². The number of aliphatic hydroxyl groups excluding tert-OH is 1. The molecular formula is C10H24N2O. The highest BCUT2D eigenvalue weighted by Gasteiger charge is 1.94. The number of aliphatic hydroxyl groups is 1. The van der Waals surface area contributed by atoms with Crippen molar-refractivity contribution >= 4 is 0 Å². The van der Waals surface area contributed by atoms with Gasteiger partial charge in [0.1, 0.15) is 0 Å². The van der Waals surface area contributed by atoms with Crippen LogP contribution in [0.1, 0.15) is 51.4 Å². The number of hydrogen-bond acceptors (Lipinski definition) is 3. The maximum atomic E-state index is 8.54. The van der Waals surface area contributed by atoms with Crippen LogP contribution in [0.15, 0.2) is 0 Å². The predicted octanol–water partition coefficient (Wildman–Crippen LogP) is 1.34. The Balaban J connectivity index is 2.84. The van der Waals surface area contributed by atoms with E-state index in [4.69, 9.17) is 16.6 Å². The van der Waals surface area contributed by atoms with Crippen molar-refractivity contribution in [2.75, 3.05) is 6.61 Å². The third kappa shape index (κ3) is 11.9. The van der Waals surface area contributed by atoms with Crippen molar-refractivity contribution in [3.05, 3.63) is 0 Å². The maximum absolute atomic E-state index is 8.54. The second-order valence-corrected chi connectivity index (χ2v) is 3.65. The van der Waals surface area contributed by atoms with Gasteiger partial charge >= 0.3 is 0 Å². The topological polar surface area (TPSA) is 72.3 Å². The van der Waals surface area contributed by atoms with Crippen molar-refractivity contribution in [3.8, 4) is 0 Å². The first-order chi connectivity index (χ1) is 6.27. The Bertz CT molecular complexity index is 96.9. The minimum Gasteiger partial charge on any atom is -0.396 e. The molecule has 0 atom stereocenters. The van der Waals surface area contributed by atoms with Crippen LogP contribution in [0.4, 0.5) is 0 Å². The Labute approximate surface area is 81.5 Å². The van der Waals surface area contributed by atoms with Crippen LogP contribution in [0.25, 0.3) is 0 Å². The van der Waals surface area contributed by atoms with Gasteiger partial charge in [-0.05, 0) is 12.8 Å². The molecule has 0 saturated carbocycles. The molecule has 80 valence electrons. The van der Waals surface area contributed by atoms with Crippen molar-refractivity contribution < 1.29 is 5.11 Å². The SMILES string of the molecule is NC(N)CCCCCCCCCO. The highest BCUT2D eigenvalue weighted by Crippen LogP contribution is 2.08. The Kier molecular flexibility index (Phi) is 9.87. The Morgan fingerprint density at radius 1 is 0.769 bits per heavy atom. The van der Waals surface area contributed by atoms with Crippen LogP contribution in [0, 0.1) is 0 Å². The lowest BCUT2D eigenvalue weighted by Gasteiger charge is -2.04. The molecule has 0 bridgehead atoms. The zero-order chi connectivity index (χ0) is 9.94. The third-order valence-corrected chi connectivity index (χ3v) is 2.20. The van der Waals surface area contributed by atoms with Crippen LogP contribution in [0.3, 0.4) is 0 Å². The molecule has 3 nitrogen and oxygen atoms in total. The Morgan fingerprint density at radius 3 is 1.69 bits per heavy atom. The van der Waals surface area contributed by atoms with E-state index < -0.39 is 0 Å². The van der Waals surface area contributed by atoms with E-state index in [0.29, 0.717) is 6.61 Å². The minimum atomic E-state index is -0.130. The molecule has 0 aromatic carbocycles. The zero-order valence-corrected chi connectivity index (χ0v) is 8.54. The van der Waals surface area contributed by atoms with Crippen molar-refractivity contribution in [1.82, 2.24) is 0 Å². The second kappa shape index (κ2) is 9.96. The molecule has 0 aromatic rings. The fourth-order valence-corrected chi connectivity index (χ4v) is 1.38. The summed E-state index contributed by atoms with van der Waals surface area (Å²) in [6.45, 7) is 0.335. The average molecular weight is 188 g/mol. The van der Waals surface area contributed by atoms with Crippen molar-refractivity contribution in [3.63, 3.8) is 0 Å². The monoisotopic (exact) mass is 188 g/mol. The average Bonchev–Trinajstić information content (AvgIpc) is 2.09. The summed E-state index contributed by atoms with van der Waals surface area (Å²) in [7, 11) is 0. The lowest BCUT2D eigenvalue weighted by atomic mass is 10.1. The normalized spacial score (nSPS) is 11.1. The molecular weight excluding hydrogens is 164 g/mol. The molecule has 0 aliphatic rings. The summed E-state index contributed by atoms with van der Waals surface area (Å²) in [6, 6.07) is 0. The molecule has 0 radical (unpaired) electrons. The first-order valence-corrected chi connectivity index (χ1v) is 5.39. The van der Waals surface area contributed by atoms with Gasteiger partial charge < -0.3 is 16.6 Å². The Hall–Kier alpha value is -0.120. The number of nitrogens with two attached hydrogens (primary N) is 2. The van der Waals surface area contributed by atoms with Gasteiger partial charge in [-0.2, -0.15) is 0 Å². The molecule has 0 aliphatic heterocycles. The van der Waals surface area contributed by atoms with E-state index in [-0.39, 0.29) is 6.17 Å². The van der Waals surface area contributed by atoms with Crippen LogP contribution in [0.5, 0.6) is 0 Å². The van der Waals surface area contributed by atoms with E-state index in [1.54, 1.807) is 0 Å². The van der Waals surface area contributed by atoms with E-state index in [2.05, 4.69) is 0 Å². The van der Waals surface area contributed by atoms with Gasteiger partial charge in [-0.3, -0.25) is 0 Å². The fraction of sp³-hybridized carbons (Fsp3) is 1.00. The van der Waals surface area contributed by atoms with E-state index in [1.165, 1.54) is 25.7 Å². The molecule has 0 aliphatic carbocycles. The van der Waals surface area contributed by atoms with E-state index in [1.807, 2.05) is 0 Å². The highest BCUT2D eigenvalue weighted by molar-refractivity contribution is 4.52. The molecule has 0 aromatic heterocycles. The third-order valence-electron chi connectivity index (χ3n) is 2.20. The summed E-state index contributed by atoms with van der Waals surface area (Å²) in [4.78, 5) is 0. The predicted molar refractivity (Wildman–Crippen MR) is 56.2 cm³/mol. The summed E-state index contributed by atoms with van der Waals surface area (Å²) >= 11 is 0. The molecule has 0 unspecified atom stereocenters. The lowest BCUT2D eigenvalue weighted by Crippen LogP contribution is -2.29.